The van der Waals surface area contributed by atoms with Crippen LogP contribution in [0.3, 0.4) is 0 Å². The number of nitrogens with zero attached hydrogens (tertiary/aromatic N) is 3. The van der Waals surface area contributed by atoms with Crippen LogP contribution in [0.4, 0.5) is 5.69 Å². The minimum absolute atomic E-state index is 0. The first kappa shape index (κ1) is 24.8. The van der Waals surface area contributed by atoms with Gasteiger partial charge in [-0.25, -0.2) is 0 Å². The predicted octanol–water partition coefficient (Wildman–Crippen LogP) is 5.08. The molecule has 1 N–H and O–H groups in total. The van der Waals surface area contributed by atoms with Crippen molar-refractivity contribution < 1.29 is 4.74 Å². The van der Waals surface area contributed by atoms with Crippen LogP contribution in [0.2, 0.25) is 0 Å². The highest BCUT2D eigenvalue weighted by molar-refractivity contribution is 14.0. The second kappa shape index (κ2) is 12.4. The lowest BCUT2D eigenvalue weighted by atomic mass is 9.95. The average Bonchev–Trinajstić information content (AvgIpc) is 3.30. The molecular weight excluding hydrogens is 511 g/mol. The summed E-state index contributed by atoms with van der Waals surface area (Å²) in [5.41, 5.74) is 3.92. The lowest BCUT2D eigenvalue weighted by molar-refractivity contribution is 0.0914. The molecule has 2 unspecified atom stereocenters. The Morgan fingerprint density at radius 2 is 1.78 bits per heavy atom. The minimum Gasteiger partial charge on any atom is -0.373 e. The summed E-state index contributed by atoms with van der Waals surface area (Å²) in [6.45, 7) is 4.90. The molecule has 0 aromatic heterocycles. The predicted molar refractivity (Wildman–Crippen MR) is 144 cm³/mol. The van der Waals surface area contributed by atoms with Crippen LogP contribution in [0, 0.1) is 5.92 Å². The van der Waals surface area contributed by atoms with E-state index in [4.69, 9.17) is 4.74 Å². The van der Waals surface area contributed by atoms with Gasteiger partial charge in [0.1, 0.15) is 0 Å². The summed E-state index contributed by atoms with van der Waals surface area (Å²) < 4.78 is 6.04. The van der Waals surface area contributed by atoms with Crippen molar-refractivity contribution in [2.24, 2.45) is 10.9 Å². The standard InChI is InChI=1S/C26H36N4O.HI/c1-27-26(28-19-23-15-18-31-25(23)22-9-5-3-6-10-22)29(2)20-21-11-13-24(14-12-21)30-16-7-4-8-17-30;/h3,5-6,9-14,23,25H,4,7-8,15-20H2,1-2H3,(H,27,28);1H. The third-order valence-electron chi connectivity index (χ3n) is 6.52. The molecule has 2 aliphatic heterocycles. The molecule has 0 radical (unpaired) electrons. The van der Waals surface area contributed by atoms with Crippen molar-refractivity contribution in [3.63, 3.8) is 0 Å². The Labute approximate surface area is 210 Å². The molecule has 0 aliphatic carbocycles. The van der Waals surface area contributed by atoms with E-state index in [2.05, 4.69) is 81.8 Å². The number of hydrogen-bond acceptors (Lipinski definition) is 3. The van der Waals surface area contributed by atoms with E-state index < -0.39 is 0 Å². The Bertz CT molecular complexity index is 837. The molecule has 5 nitrogen and oxygen atoms in total. The van der Waals surface area contributed by atoms with Crippen LogP contribution in [0.5, 0.6) is 0 Å². The molecule has 4 rings (SSSR count). The van der Waals surface area contributed by atoms with Crippen molar-refractivity contribution in [3.05, 3.63) is 65.7 Å². The van der Waals surface area contributed by atoms with Gasteiger partial charge in [-0.2, -0.15) is 0 Å². The molecule has 2 atom stereocenters. The number of rotatable bonds is 6. The van der Waals surface area contributed by atoms with Crippen LogP contribution in [0.25, 0.3) is 0 Å². The Morgan fingerprint density at radius 1 is 1.06 bits per heavy atom. The number of guanidine groups is 1. The first-order valence-corrected chi connectivity index (χ1v) is 11.7. The number of piperidine rings is 1. The maximum atomic E-state index is 6.04. The molecule has 2 heterocycles. The van der Waals surface area contributed by atoms with E-state index in [1.54, 1.807) is 0 Å². The van der Waals surface area contributed by atoms with Crippen molar-refractivity contribution in [1.82, 2.24) is 10.2 Å². The summed E-state index contributed by atoms with van der Waals surface area (Å²) in [7, 11) is 3.96. The van der Waals surface area contributed by atoms with Crippen LogP contribution >= 0.6 is 24.0 Å². The molecule has 6 heteroatoms. The van der Waals surface area contributed by atoms with Crippen molar-refractivity contribution in [1.29, 1.82) is 0 Å². The third kappa shape index (κ3) is 6.38. The van der Waals surface area contributed by atoms with Gasteiger partial charge in [0.2, 0.25) is 0 Å². The molecule has 0 saturated carbocycles. The summed E-state index contributed by atoms with van der Waals surface area (Å²) in [4.78, 5) is 9.22. The molecule has 2 saturated heterocycles. The summed E-state index contributed by atoms with van der Waals surface area (Å²) >= 11 is 0. The van der Waals surface area contributed by atoms with Crippen LogP contribution in [0.15, 0.2) is 59.6 Å². The molecule has 0 bridgehead atoms. The Kier molecular flexibility index (Phi) is 9.66. The molecule has 174 valence electrons. The van der Waals surface area contributed by atoms with E-state index >= 15 is 0 Å². The number of hydrogen-bond donors (Lipinski definition) is 1. The van der Waals surface area contributed by atoms with Gasteiger partial charge in [-0.1, -0.05) is 42.5 Å². The SMILES string of the molecule is CN=C(NCC1CCOC1c1ccccc1)N(C)Cc1ccc(N2CCCCC2)cc1.I. The molecular formula is C26H37IN4O. The van der Waals surface area contributed by atoms with Gasteiger partial charge < -0.3 is 19.9 Å². The highest BCUT2D eigenvalue weighted by Gasteiger charge is 2.29. The van der Waals surface area contributed by atoms with Crippen molar-refractivity contribution in [2.75, 3.05) is 45.2 Å². The number of nitrogens with one attached hydrogen (secondary N) is 1. The van der Waals surface area contributed by atoms with Crippen molar-refractivity contribution in [3.8, 4) is 0 Å². The summed E-state index contributed by atoms with van der Waals surface area (Å²) in [6, 6.07) is 19.6. The third-order valence-corrected chi connectivity index (χ3v) is 6.52. The maximum Gasteiger partial charge on any atom is 0.193 e. The number of aliphatic imine (C=N–C) groups is 1. The van der Waals surface area contributed by atoms with Crippen LogP contribution in [-0.4, -0.2) is 51.2 Å². The van der Waals surface area contributed by atoms with Gasteiger partial charge in [0.25, 0.3) is 0 Å². The minimum atomic E-state index is 0. The van der Waals surface area contributed by atoms with Crippen molar-refractivity contribution in [2.45, 2.75) is 38.3 Å². The second-order valence-corrected chi connectivity index (χ2v) is 8.75. The number of benzene rings is 2. The van der Waals surface area contributed by atoms with Gasteiger partial charge >= 0.3 is 0 Å². The molecule has 0 amide bonds. The van der Waals surface area contributed by atoms with Crippen LogP contribution in [0.1, 0.15) is 42.9 Å². The van der Waals surface area contributed by atoms with E-state index in [9.17, 15) is 0 Å². The normalized spacial score (nSPS) is 21.2. The molecule has 2 aromatic carbocycles. The zero-order chi connectivity index (χ0) is 21.5. The van der Waals surface area contributed by atoms with Gasteiger partial charge in [-0.3, -0.25) is 4.99 Å². The highest BCUT2D eigenvalue weighted by Crippen LogP contribution is 2.33. The summed E-state index contributed by atoms with van der Waals surface area (Å²) in [6.07, 6.45) is 5.22. The zero-order valence-corrected chi connectivity index (χ0v) is 21.7. The Hall–Kier alpha value is -1.80. The molecule has 2 aliphatic rings. The van der Waals surface area contributed by atoms with E-state index in [1.807, 2.05) is 7.05 Å². The van der Waals surface area contributed by atoms with Gasteiger partial charge in [-0.15, -0.1) is 24.0 Å². The van der Waals surface area contributed by atoms with E-state index in [0.717, 1.165) is 32.1 Å². The van der Waals surface area contributed by atoms with Gasteiger partial charge in [0.15, 0.2) is 5.96 Å². The lowest BCUT2D eigenvalue weighted by Crippen LogP contribution is -2.41. The highest BCUT2D eigenvalue weighted by atomic mass is 127. The smallest absolute Gasteiger partial charge is 0.193 e. The fourth-order valence-electron chi connectivity index (χ4n) is 4.77. The van der Waals surface area contributed by atoms with Crippen LogP contribution in [-0.2, 0) is 11.3 Å². The Balaban J connectivity index is 0.00000289. The van der Waals surface area contributed by atoms with E-state index in [-0.39, 0.29) is 30.1 Å². The van der Waals surface area contributed by atoms with E-state index in [1.165, 1.54) is 49.2 Å². The first-order chi connectivity index (χ1) is 15.2. The van der Waals surface area contributed by atoms with Gasteiger partial charge in [-0.05, 0) is 48.9 Å². The monoisotopic (exact) mass is 548 g/mol. The average molecular weight is 549 g/mol. The van der Waals surface area contributed by atoms with Gasteiger partial charge in [0.05, 0.1) is 6.10 Å². The molecule has 2 aromatic rings. The lowest BCUT2D eigenvalue weighted by Gasteiger charge is -2.29. The van der Waals surface area contributed by atoms with Crippen LogP contribution < -0.4 is 10.2 Å². The topological polar surface area (TPSA) is 40.1 Å². The van der Waals surface area contributed by atoms with E-state index in [0.29, 0.717) is 5.92 Å². The zero-order valence-electron chi connectivity index (χ0n) is 19.4. The quantitative estimate of drug-likeness (QED) is 0.311. The number of anilines is 1. The second-order valence-electron chi connectivity index (χ2n) is 8.75. The fourth-order valence-corrected chi connectivity index (χ4v) is 4.77. The largest absolute Gasteiger partial charge is 0.373 e. The van der Waals surface area contributed by atoms with Gasteiger partial charge in [0, 0.05) is 58.5 Å². The summed E-state index contributed by atoms with van der Waals surface area (Å²) in [5, 5.41) is 3.58. The number of ether oxygens (including phenoxy) is 1. The number of halogens is 1. The molecule has 32 heavy (non-hydrogen) atoms. The summed E-state index contributed by atoms with van der Waals surface area (Å²) in [5.74, 6) is 1.38. The molecule has 0 spiro atoms. The molecule has 2 fully saturated rings. The maximum absolute atomic E-state index is 6.04. The Morgan fingerprint density at radius 3 is 2.47 bits per heavy atom. The first-order valence-electron chi connectivity index (χ1n) is 11.7. The fraction of sp³-hybridized carbons (Fsp3) is 0.500. The van der Waals surface area contributed by atoms with Crippen molar-refractivity contribution >= 4 is 35.6 Å².